The first kappa shape index (κ1) is 17.2. The van der Waals surface area contributed by atoms with Crippen molar-refractivity contribution in [2.45, 2.75) is 25.2 Å². The first-order valence-corrected chi connectivity index (χ1v) is 7.85. The van der Waals surface area contributed by atoms with Gasteiger partial charge >= 0.3 is 6.61 Å². The molecule has 0 atom stereocenters. The molecule has 0 aliphatic rings. The van der Waals surface area contributed by atoms with Gasteiger partial charge in [0.25, 0.3) is 5.22 Å². The number of hydrogen-bond acceptors (Lipinski definition) is 6. The van der Waals surface area contributed by atoms with Gasteiger partial charge in [0.15, 0.2) is 0 Å². The predicted octanol–water partition coefficient (Wildman–Crippen LogP) is 2.96. The Morgan fingerprint density at radius 1 is 1.35 bits per heavy atom. The summed E-state index contributed by atoms with van der Waals surface area (Å²) in [6, 6.07) is 5.84. The van der Waals surface area contributed by atoms with Crippen LogP contribution in [0, 0.1) is 0 Å². The molecule has 6 nitrogen and oxygen atoms in total. The fraction of sp³-hybridized carbons (Fsp3) is 0.357. The summed E-state index contributed by atoms with van der Waals surface area (Å²) in [5.74, 6) is 0.364. The monoisotopic (exact) mass is 343 g/mol. The summed E-state index contributed by atoms with van der Waals surface area (Å²) in [6.07, 6.45) is 0.867. The lowest BCUT2D eigenvalue weighted by Gasteiger charge is -2.03. The third-order valence-electron chi connectivity index (χ3n) is 2.63. The zero-order chi connectivity index (χ0) is 16.7. The summed E-state index contributed by atoms with van der Waals surface area (Å²) in [4.78, 5) is 11.5. The van der Waals surface area contributed by atoms with Gasteiger partial charge in [-0.2, -0.15) is 8.78 Å². The summed E-state index contributed by atoms with van der Waals surface area (Å²) in [7, 11) is 0. The molecule has 0 fully saturated rings. The Bertz CT molecular complexity index is 634. The fourth-order valence-corrected chi connectivity index (χ4v) is 2.20. The number of halogens is 2. The van der Waals surface area contributed by atoms with Crippen LogP contribution >= 0.6 is 11.8 Å². The molecule has 2 rings (SSSR count). The van der Waals surface area contributed by atoms with Gasteiger partial charge in [0.2, 0.25) is 11.8 Å². The molecule has 0 saturated carbocycles. The lowest BCUT2D eigenvalue weighted by Crippen LogP contribution is -2.25. The number of aromatic nitrogens is 2. The van der Waals surface area contributed by atoms with Crippen molar-refractivity contribution in [2.75, 3.05) is 12.3 Å². The molecule has 1 amide bonds. The van der Waals surface area contributed by atoms with E-state index >= 15 is 0 Å². The van der Waals surface area contributed by atoms with Gasteiger partial charge < -0.3 is 14.5 Å². The first-order valence-electron chi connectivity index (χ1n) is 6.86. The zero-order valence-corrected chi connectivity index (χ0v) is 13.1. The molecule has 1 heterocycles. The molecule has 124 valence electrons. The van der Waals surface area contributed by atoms with Gasteiger partial charge in [-0.15, -0.1) is 10.2 Å². The van der Waals surface area contributed by atoms with Crippen LogP contribution in [-0.4, -0.2) is 35.0 Å². The Hall–Kier alpha value is -2.16. The molecule has 1 N–H and O–H groups in total. The molecule has 0 unspecified atom stereocenters. The number of thioether (sulfide) groups is 1. The van der Waals surface area contributed by atoms with Gasteiger partial charge in [-0.05, 0) is 30.7 Å². The molecular weight excluding hydrogens is 328 g/mol. The minimum atomic E-state index is -2.87. The summed E-state index contributed by atoms with van der Waals surface area (Å²) in [5, 5.41) is 10.7. The number of alkyl halides is 2. The average Bonchev–Trinajstić information content (AvgIpc) is 3.00. The minimum Gasteiger partial charge on any atom is -0.435 e. The van der Waals surface area contributed by atoms with E-state index in [2.05, 4.69) is 20.3 Å². The zero-order valence-electron chi connectivity index (χ0n) is 12.3. The molecule has 23 heavy (non-hydrogen) atoms. The molecular formula is C14H15F2N3O3S. The van der Waals surface area contributed by atoms with Crippen molar-refractivity contribution in [2.24, 2.45) is 0 Å². The molecule has 0 radical (unpaired) electrons. The molecule has 2 aromatic rings. The van der Waals surface area contributed by atoms with E-state index < -0.39 is 6.61 Å². The second kappa shape index (κ2) is 8.47. The number of nitrogens with zero attached hydrogens (tertiary/aromatic N) is 2. The van der Waals surface area contributed by atoms with E-state index in [1.807, 2.05) is 6.92 Å². The van der Waals surface area contributed by atoms with Gasteiger partial charge in [0.1, 0.15) is 5.75 Å². The quantitative estimate of drug-likeness (QED) is 0.743. The largest absolute Gasteiger partial charge is 0.435 e. The highest BCUT2D eigenvalue weighted by Crippen LogP contribution is 2.25. The van der Waals surface area contributed by atoms with E-state index in [0.29, 0.717) is 12.1 Å². The van der Waals surface area contributed by atoms with Crippen LogP contribution in [0.4, 0.5) is 8.78 Å². The maximum absolute atomic E-state index is 12.1. The van der Waals surface area contributed by atoms with Crippen LogP contribution in [0.25, 0.3) is 11.5 Å². The van der Waals surface area contributed by atoms with Crippen molar-refractivity contribution in [3.8, 4) is 17.2 Å². The lowest BCUT2D eigenvalue weighted by atomic mass is 10.2. The van der Waals surface area contributed by atoms with Gasteiger partial charge in [-0.3, -0.25) is 4.79 Å². The van der Waals surface area contributed by atoms with E-state index in [-0.39, 0.29) is 28.5 Å². The van der Waals surface area contributed by atoms with E-state index in [1.54, 1.807) is 0 Å². The smallest absolute Gasteiger partial charge is 0.387 e. The van der Waals surface area contributed by atoms with Crippen molar-refractivity contribution in [1.82, 2.24) is 15.5 Å². The lowest BCUT2D eigenvalue weighted by molar-refractivity contribution is -0.118. The first-order chi connectivity index (χ1) is 11.1. The maximum atomic E-state index is 12.1. The van der Waals surface area contributed by atoms with Crippen LogP contribution in [0.3, 0.4) is 0 Å². The van der Waals surface area contributed by atoms with Crippen LogP contribution in [0.2, 0.25) is 0 Å². The minimum absolute atomic E-state index is 0.0467. The van der Waals surface area contributed by atoms with Crippen molar-refractivity contribution in [1.29, 1.82) is 0 Å². The predicted molar refractivity (Wildman–Crippen MR) is 80.4 cm³/mol. The van der Waals surface area contributed by atoms with Crippen molar-refractivity contribution < 1.29 is 22.7 Å². The number of rotatable bonds is 8. The second-order valence-corrected chi connectivity index (χ2v) is 5.34. The van der Waals surface area contributed by atoms with Gasteiger partial charge in [-0.25, -0.2) is 0 Å². The third kappa shape index (κ3) is 5.51. The highest BCUT2D eigenvalue weighted by molar-refractivity contribution is 7.99. The van der Waals surface area contributed by atoms with Gasteiger partial charge in [0, 0.05) is 12.1 Å². The Balaban J connectivity index is 1.92. The molecule has 0 aliphatic heterocycles. The summed E-state index contributed by atoms with van der Waals surface area (Å²) < 4.78 is 33.8. The number of hydrogen-bond donors (Lipinski definition) is 1. The van der Waals surface area contributed by atoms with E-state index in [4.69, 9.17) is 4.42 Å². The average molecular weight is 343 g/mol. The Morgan fingerprint density at radius 2 is 2.09 bits per heavy atom. The Labute approximate surface area is 135 Å². The third-order valence-corrected chi connectivity index (χ3v) is 3.45. The summed E-state index contributed by atoms with van der Waals surface area (Å²) >= 11 is 1.13. The van der Waals surface area contributed by atoms with Crippen LogP contribution in [-0.2, 0) is 4.79 Å². The van der Waals surface area contributed by atoms with E-state index in [9.17, 15) is 13.6 Å². The van der Waals surface area contributed by atoms with Gasteiger partial charge in [-0.1, -0.05) is 18.7 Å². The highest BCUT2D eigenvalue weighted by Gasteiger charge is 2.12. The standard InChI is InChI=1S/C14H15F2N3O3S/c1-2-7-17-11(20)8-23-14-19-18-12(22-14)9-3-5-10(6-4-9)21-13(15)16/h3-6,13H,2,7-8H2,1H3,(H,17,20). The number of carbonyl (C=O) groups is 1. The van der Waals surface area contributed by atoms with Crippen LogP contribution in [0.5, 0.6) is 5.75 Å². The van der Waals surface area contributed by atoms with Crippen LogP contribution < -0.4 is 10.1 Å². The van der Waals surface area contributed by atoms with E-state index in [0.717, 1.165) is 18.2 Å². The SMILES string of the molecule is CCCNC(=O)CSc1nnc(-c2ccc(OC(F)F)cc2)o1. The summed E-state index contributed by atoms with van der Waals surface area (Å²) in [6.45, 7) is -0.275. The number of ether oxygens (including phenoxy) is 1. The van der Waals surface area contributed by atoms with Crippen molar-refractivity contribution in [3.05, 3.63) is 24.3 Å². The Morgan fingerprint density at radius 3 is 2.74 bits per heavy atom. The molecule has 9 heteroatoms. The normalized spacial score (nSPS) is 10.8. The molecule has 0 spiro atoms. The Kier molecular flexibility index (Phi) is 6.33. The number of amides is 1. The van der Waals surface area contributed by atoms with Crippen LogP contribution in [0.1, 0.15) is 13.3 Å². The maximum Gasteiger partial charge on any atom is 0.387 e. The second-order valence-electron chi connectivity index (χ2n) is 4.41. The molecule has 1 aromatic heterocycles. The number of carbonyl (C=O) groups excluding carboxylic acids is 1. The van der Waals surface area contributed by atoms with Gasteiger partial charge in [0.05, 0.1) is 5.75 Å². The van der Waals surface area contributed by atoms with Crippen molar-refractivity contribution >= 4 is 17.7 Å². The molecule has 0 bridgehead atoms. The van der Waals surface area contributed by atoms with Crippen molar-refractivity contribution in [3.63, 3.8) is 0 Å². The number of nitrogens with one attached hydrogen (secondary N) is 1. The van der Waals surface area contributed by atoms with E-state index in [1.165, 1.54) is 24.3 Å². The molecule has 0 aliphatic carbocycles. The number of benzene rings is 1. The molecule has 0 saturated heterocycles. The molecule has 1 aromatic carbocycles. The topological polar surface area (TPSA) is 77.2 Å². The summed E-state index contributed by atoms with van der Waals surface area (Å²) in [5.41, 5.74) is 0.571. The van der Waals surface area contributed by atoms with Crippen LogP contribution in [0.15, 0.2) is 33.9 Å². The fourth-order valence-electron chi connectivity index (χ4n) is 1.61. The highest BCUT2D eigenvalue weighted by atomic mass is 32.2.